The van der Waals surface area contributed by atoms with E-state index in [1.165, 1.54) is 48.5 Å². The van der Waals surface area contributed by atoms with E-state index in [2.05, 4.69) is 4.98 Å². The minimum atomic E-state index is -2.63. The normalized spacial score (nSPS) is 17.9. The lowest BCUT2D eigenvalue weighted by molar-refractivity contribution is -0.170. The Hall–Kier alpha value is -3.93. The first-order valence-corrected chi connectivity index (χ1v) is 9.05. The predicted octanol–water partition coefficient (Wildman–Crippen LogP) is 1.79. The molecule has 1 aliphatic heterocycles. The van der Waals surface area contributed by atoms with Gasteiger partial charge in [0.1, 0.15) is 5.41 Å². The molecule has 30 heavy (non-hydrogen) atoms. The first-order valence-electron chi connectivity index (χ1n) is 9.05. The molecule has 0 saturated heterocycles. The maximum absolute atomic E-state index is 13.7. The fraction of sp³-hybridized carbons (Fsp3) is 0.286. The second-order valence-corrected chi connectivity index (χ2v) is 6.98. The largest absolute Gasteiger partial charge is 0.480 e. The van der Waals surface area contributed by atoms with Crippen molar-refractivity contribution in [1.82, 2.24) is 4.98 Å². The van der Waals surface area contributed by atoms with E-state index >= 15 is 0 Å². The van der Waals surface area contributed by atoms with Crippen LogP contribution in [0.25, 0.3) is 0 Å². The van der Waals surface area contributed by atoms with Crippen molar-refractivity contribution in [2.24, 2.45) is 5.41 Å². The minimum Gasteiger partial charge on any atom is -0.480 e. The van der Waals surface area contributed by atoms with Gasteiger partial charge in [-0.3, -0.25) is 14.4 Å². The maximum Gasteiger partial charge on any atom is 0.322 e. The van der Waals surface area contributed by atoms with E-state index in [0.717, 1.165) is 6.92 Å². The summed E-state index contributed by atoms with van der Waals surface area (Å²) in [6.45, 7) is 2.83. The molecule has 0 radical (unpaired) electrons. The van der Waals surface area contributed by atoms with E-state index in [-0.39, 0.29) is 29.2 Å². The number of carbonyl (C=O) groups excluding carboxylic acids is 1. The molecule has 0 aliphatic carbocycles. The van der Waals surface area contributed by atoms with Crippen molar-refractivity contribution in [1.29, 1.82) is 5.26 Å². The van der Waals surface area contributed by atoms with Gasteiger partial charge in [0, 0.05) is 24.5 Å². The Labute approximate surface area is 172 Å². The van der Waals surface area contributed by atoms with Crippen LogP contribution in [0.3, 0.4) is 0 Å². The van der Waals surface area contributed by atoms with Crippen LogP contribution in [0.15, 0.2) is 36.5 Å². The van der Waals surface area contributed by atoms with E-state index in [0.29, 0.717) is 5.69 Å². The number of aromatic nitrogens is 1. The van der Waals surface area contributed by atoms with E-state index in [1.807, 2.05) is 6.07 Å². The molecule has 2 heterocycles. The molecule has 1 aromatic heterocycles. The van der Waals surface area contributed by atoms with Crippen LogP contribution in [-0.2, 0) is 19.8 Å². The van der Waals surface area contributed by atoms with Crippen molar-refractivity contribution in [2.45, 2.75) is 19.3 Å². The van der Waals surface area contributed by atoms with Crippen LogP contribution in [-0.4, -0.2) is 46.7 Å². The summed E-state index contributed by atoms with van der Waals surface area (Å²) in [7, 11) is 1.43. The average Bonchev–Trinajstić information content (AvgIpc) is 2.95. The highest BCUT2D eigenvalue weighted by atomic mass is 16.5. The van der Waals surface area contributed by atoms with Gasteiger partial charge in [-0.15, -0.1) is 0 Å². The Bertz CT molecular complexity index is 1090. The van der Waals surface area contributed by atoms with Crippen molar-refractivity contribution in [3.05, 3.63) is 53.2 Å². The maximum atomic E-state index is 13.7. The number of hydrogen-bond donors (Lipinski definition) is 2. The monoisotopic (exact) mass is 409 g/mol. The standard InChI is InChI=1S/C21H19N3O6/c1-4-30-16-13(6-5-9-23-16)21(20(2,18(26)27)19(28)29)14-10-12(11-22)7-8-15(14)24(3)17(21)25/h5-10H,4H2,1-3H3,(H,26,27)(H,28,29). The van der Waals surface area contributed by atoms with E-state index < -0.39 is 28.7 Å². The number of anilines is 1. The number of pyridine rings is 1. The highest BCUT2D eigenvalue weighted by Crippen LogP contribution is 2.57. The van der Waals surface area contributed by atoms with Crippen LogP contribution >= 0.6 is 0 Å². The second kappa shape index (κ2) is 7.15. The topological polar surface area (TPSA) is 141 Å². The summed E-state index contributed by atoms with van der Waals surface area (Å²) in [6.07, 6.45) is 1.40. The summed E-state index contributed by atoms with van der Waals surface area (Å²) in [5.74, 6) is -4.24. The van der Waals surface area contributed by atoms with Crippen LogP contribution in [0.2, 0.25) is 0 Å². The van der Waals surface area contributed by atoms with Crippen molar-refractivity contribution in [3.8, 4) is 11.9 Å². The van der Waals surface area contributed by atoms with Gasteiger partial charge in [0.05, 0.1) is 18.2 Å². The molecule has 0 bridgehead atoms. The zero-order chi connectivity index (χ0) is 22.3. The van der Waals surface area contributed by atoms with E-state index in [4.69, 9.17) is 4.74 Å². The number of aliphatic carboxylic acids is 2. The molecule has 154 valence electrons. The Morgan fingerprint density at radius 2 is 1.93 bits per heavy atom. The highest BCUT2D eigenvalue weighted by Gasteiger charge is 2.70. The molecular weight excluding hydrogens is 390 g/mol. The summed E-state index contributed by atoms with van der Waals surface area (Å²) in [5, 5.41) is 29.6. The molecule has 9 nitrogen and oxygen atoms in total. The van der Waals surface area contributed by atoms with Crippen molar-refractivity contribution < 1.29 is 29.3 Å². The van der Waals surface area contributed by atoms with Crippen molar-refractivity contribution in [2.75, 3.05) is 18.6 Å². The quantitative estimate of drug-likeness (QED) is 0.688. The number of nitriles is 1. The third kappa shape index (κ3) is 2.47. The highest BCUT2D eigenvalue weighted by molar-refractivity contribution is 6.18. The molecule has 0 spiro atoms. The number of carboxylic acids is 2. The summed E-state index contributed by atoms with van der Waals surface area (Å²) in [4.78, 5) is 43.9. The molecule has 1 atom stereocenters. The van der Waals surface area contributed by atoms with Gasteiger partial charge in [0.25, 0.3) is 0 Å². The molecule has 1 aromatic carbocycles. The SMILES string of the molecule is CCOc1ncccc1C1(C(C)(C(=O)O)C(=O)O)C(=O)N(C)c2ccc(C#N)cc21. The molecule has 0 saturated carbocycles. The molecule has 2 aromatic rings. The smallest absolute Gasteiger partial charge is 0.322 e. The Morgan fingerprint density at radius 1 is 1.27 bits per heavy atom. The Kier molecular flexibility index (Phi) is 4.96. The number of fused-ring (bicyclic) bond motifs is 1. The van der Waals surface area contributed by atoms with Crippen molar-refractivity contribution in [3.63, 3.8) is 0 Å². The van der Waals surface area contributed by atoms with E-state index in [9.17, 15) is 29.9 Å². The predicted molar refractivity (Wildman–Crippen MR) is 104 cm³/mol. The molecule has 9 heteroatoms. The molecular formula is C21H19N3O6. The molecule has 3 rings (SSSR count). The Balaban J connectivity index is 2.59. The Morgan fingerprint density at radius 3 is 2.50 bits per heavy atom. The van der Waals surface area contributed by atoms with Crippen LogP contribution in [0.1, 0.15) is 30.5 Å². The number of carbonyl (C=O) groups is 3. The van der Waals surface area contributed by atoms with Crippen LogP contribution in [0.4, 0.5) is 5.69 Å². The van der Waals surface area contributed by atoms with Crippen molar-refractivity contribution >= 4 is 23.5 Å². The lowest BCUT2D eigenvalue weighted by atomic mass is 9.57. The first kappa shape index (κ1) is 20.8. The number of rotatable bonds is 6. The summed E-state index contributed by atoms with van der Waals surface area (Å²) in [6, 6.07) is 9.18. The van der Waals surface area contributed by atoms with Crippen LogP contribution in [0.5, 0.6) is 5.88 Å². The minimum absolute atomic E-state index is 0.00448. The number of ether oxygens (including phenoxy) is 1. The van der Waals surface area contributed by atoms with E-state index in [1.54, 1.807) is 6.92 Å². The first-order chi connectivity index (χ1) is 14.2. The van der Waals surface area contributed by atoms with Gasteiger partial charge in [0.2, 0.25) is 11.8 Å². The molecule has 2 N–H and O–H groups in total. The number of amides is 1. The lowest BCUT2D eigenvalue weighted by Gasteiger charge is -2.39. The molecule has 0 fully saturated rings. The van der Waals surface area contributed by atoms with Gasteiger partial charge < -0.3 is 19.8 Å². The number of nitrogens with zero attached hydrogens (tertiary/aromatic N) is 3. The molecule has 1 amide bonds. The number of likely N-dealkylation sites (N-methyl/N-ethyl adjacent to an activating group) is 1. The number of carboxylic acid groups (broad SMARTS) is 2. The lowest BCUT2D eigenvalue weighted by Crippen LogP contribution is -2.59. The van der Waals surface area contributed by atoms with Crippen LogP contribution < -0.4 is 9.64 Å². The number of hydrogen-bond acceptors (Lipinski definition) is 6. The van der Waals surface area contributed by atoms with Gasteiger partial charge in [-0.1, -0.05) is 6.07 Å². The molecule has 1 aliphatic rings. The fourth-order valence-electron chi connectivity index (χ4n) is 4.03. The van der Waals surface area contributed by atoms with Gasteiger partial charge in [-0.05, 0) is 43.7 Å². The summed E-state index contributed by atoms with van der Waals surface area (Å²) in [5.41, 5.74) is -4.30. The summed E-state index contributed by atoms with van der Waals surface area (Å²) >= 11 is 0. The number of benzene rings is 1. The second-order valence-electron chi connectivity index (χ2n) is 6.98. The zero-order valence-electron chi connectivity index (χ0n) is 16.5. The van der Waals surface area contributed by atoms with Gasteiger partial charge in [-0.2, -0.15) is 5.26 Å². The molecule has 1 unspecified atom stereocenters. The third-order valence-electron chi connectivity index (χ3n) is 5.58. The van der Waals surface area contributed by atoms with Gasteiger partial charge in [-0.25, -0.2) is 4.98 Å². The average molecular weight is 409 g/mol. The van der Waals surface area contributed by atoms with Gasteiger partial charge in [0.15, 0.2) is 5.41 Å². The third-order valence-corrected chi connectivity index (χ3v) is 5.58. The van der Waals surface area contributed by atoms with Gasteiger partial charge >= 0.3 is 11.9 Å². The fourth-order valence-corrected chi connectivity index (χ4v) is 4.03. The van der Waals surface area contributed by atoms with Crippen LogP contribution in [0, 0.1) is 16.7 Å². The zero-order valence-corrected chi connectivity index (χ0v) is 16.5. The summed E-state index contributed by atoms with van der Waals surface area (Å²) < 4.78 is 5.55.